The molecule has 6 nitrogen and oxygen atoms in total. The second-order valence-electron chi connectivity index (χ2n) is 6.34. The van der Waals surface area contributed by atoms with Gasteiger partial charge in [-0.25, -0.2) is 0 Å². The van der Waals surface area contributed by atoms with E-state index < -0.39 is 0 Å². The van der Waals surface area contributed by atoms with E-state index in [0.29, 0.717) is 6.61 Å². The second-order valence-corrected chi connectivity index (χ2v) is 6.34. The fourth-order valence-electron chi connectivity index (χ4n) is 2.86. The quantitative estimate of drug-likeness (QED) is 0.547. The van der Waals surface area contributed by atoms with E-state index in [1.807, 2.05) is 59.1 Å². The molecular formula is C21H21N5O. The van der Waals surface area contributed by atoms with Crippen LogP contribution in [0.15, 0.2) is 73.1 Å². The minimum absolute atomic E-state index is 0.0856. The van der Waals surface area contributed by atoms with Crippen molar-refractivity contribution in [3.05, 3.63) is 90.1 Å². The molecule has 0 bridgehead atoms. The first kappa shape index (κ1) is 17.2. The highest BCUT2D eigenvalue weighted by molar-refractivity contribution is 5.37. The van der Waals surface area contributed by atoms with Gasteiger partial charge in [-0.1, -0.05) is 24.3 Å². The first-order valence-corrected chi connectivity index (χ1v) is 8.94. The number of fused-ring (bicyclic) bond motifs is 1. The maximum Gasteiger partial charge on any atom is 0.160 e. The molecule has 6 heteroatoms. The molecule has 1 N–H and O–H groups in total. The lowest BCUT2D eigenvalue weighted by atomic mass is 10.2. The molecule has 0 saturated heterocycles. The maximum absolute atomic E-state index is 5.78. The normalized spacial score (nSPS) is 12.2. The van der Waals surface area contributed by atoms with E-state index in [0.717, 1.165) is 29.5 Å². The summed E-state index contributed by atoms with van der Waals surface area (Å²) in [6.45, 7) is 3.30. The highest BCUT2D eigenvalue weighted by Gasteiger charge is 2.12. The third-order valence-corrected chi connectivity index (χ3v) is 4.38. The van der Waals surface area contributed by atoms with Crippen molar-refractivity contribution in [3.63, 3.8) is 0 Å². The number of hydrogen-bond acceptors (Lipinski definition) is 5. The lowest BCUT2D eigenvalue weighted by Crippen LogP contribution is -2.20. The number of rotatable bonds is 7. The van der Waals surface area contributed by atoms with E-state index in [2.05, 4.69) is 39.6 Å². The van der Waals surface area contributed by atoms with E-state index in [9.17, 15) is 0 Å². The van der Waals surface area contributed by atoms with Crippen LogP contribution in [0.4, 0.5) is 0 Å². The molecule has 4 rings (SSSR count). The van der Waals surface area contributed by atoms with Crippen molar-refractivity contribution in [1.82, 2.24) is 24.9 Å². The van der Waals surface area contributed by atoms with Gasteiger partial charge in [0, 0.05) is 18.9 Å². The first-order valence-electron chi connectivity index (χ1n) is 8.94. The fraction of sp³-hybridized carbons (Fsp3) is 0.190. The summed E-state index contributed by atoms with van der Waals surface area (Å²) in [6, 6.07) is 19.9. The molecule has 0 saturated carbocycles. The Hall–Kier alpha value is -3.25. The summed E-state index contributed by atoms with van der Waals surface area (Å²) in [5.74, 6) is 1.74. The smallest absolute Gasteiger partial charge is 0.160 e. The monoisotopic (exact) mass is 359 g/mol. The molecule has 1 unspecified atom stereocenters. The number of pyridine rings is 2. The van der Waals surface area contributed by atoms with Gasteiger partial charge in [0.05, 0.1) is 11.7 Å². The first-order chi connectivity index (χ1) is 13.3. The molecule has 0 aliphatic carbocycles. The summed E-state index contributed by atoms with van der Waals surface area (Å²) in [4.78, 5) is 4.26. The van der Waals surface area contributed by atoms with Crippen molar-refractivity contribution in [1.29, 1.82) is 0 Å². The van der Waals surface area contributed by atoms with Gasteiger partial charge in [-0.3, -0.25) is 9.38 Å². The summed E-state index contributed by atoms with van der Waals surface area (Å²) in [5.41, 5.74) is 2.95. The topological polar surface area (TPSA) is 64.3 Å². The Bertz CT molecular complexity index is 998. The molecule has 0 aliphatic rings. The van der Waals surface area contributed by atoms with Crippen molar-refractivity contribution < 1.29 is 4.74 Å². The van der Waals surface area contributed by atoms with Gasteiger partial charge in [0.2, 0.25) is 0 Å². The van der Waals surface area contributed by atoms with E-state index in [1.54, 1.807) is 6.20 Å². The zero-order valence-electron chi connectivity index (χ0n) is 15.1. The Morgan fingerprint density at radius 2 is 1.85 bits per heavy atom. The number of aromatic nitrogens is 4. The zero-order valence-corrected chi connectivity index (χ0v) is 15.1. The predicted octanol–water partition coefficient (Wildman–Crippen LogP) is 3.55. The summed E-state index contributed by atoms with van der Waals surface area (Å²) < 4.78 is 7.78. The van der Waals surface area contributed by atoms with Crippen LogP contribution in [0.3, 0.4) is 0 Å². The van der Waals surface area contributed by atoms with Gasteiger partial charge in [-0.15, -0.1) is 10.2 Å². The van der Waals surface area contributed by atoms with Gasteiger partial charge in [0.15, 0.2) is 11.5 Å². The molecule has 136 valence electrons. The maximum atomic E-state index is 5.78. The Morgan fingerprint density at radius 1 is 1.00 bits per heavy atom. The Kier molecular flexibility index (Phi) is 5.07. The SMILES string of the molecule is CC(NCc1ccc(OCc2ccccn2)cc1)c1nnc2ccccn12. The van der Waals surface area contributed by atoms with Crippen molar-refractivity contribution in [2.45, 2.75) is 26.1 Å². The molecule has 0 radical (unpaired) electrons. The predicted molar refractivity (Wildman–Crippen MR) is 103 cm³/mol. The number of nitrogens with one attached hydrogen (secondary N) is 1. The Labute approximate surface area is 157 Å². The molecule has 0 spiro atoms. The van der Waals surface area contributed by atoms with Crippen LogP contribution in [0.25, 0.3) is 5.65 Å². The van der Waals surface area contributed by atoms with Crippen LogP contribution in [0.1, 0.15) is 30.0 Å². The van der Waals surface area contributed by atoms with Crippen LogP contribution in [-0.4, -0.2) is 19.6 Å². The fourth-order valence-corrected chi connectivity index (χ4v) is 2.86. The van der Waals surface area contributed by atoms with Gasteiger partial charge >= 0.3 is 0 Å². The molecule has 4 aromatic rings. The molecule has 0 amide bonds. The minimum Gasteiger partial charge on any atom is -0.487 e. The number of hydrogen-bond donors (Lipinski definition) is 1. The third kappa shape index (κ3) is 4.12. The van der Waals surface area contributed by atoms with E-state index in [1.165, 1.54) is 5.56 Å². The third-order valence-electron chi connectivity index (χ3n) is 4.38. The second kappa shape index (κ2) is 7.97. The summed E-state index contributed by atoms with van der Waals surface area (Å²) in [7, 11) is 0. The van der Waals surface area contributed by atoms with Crippen LogP contribution >= 0.6 is 0 Å². The average molecular weight is 359 g/mol. The zero-order chi connectivity index (χ0) is 18.5. The van der Waals surface area contributed by atoms with Crippen LogP contribution < -0.4 is 10.1 Å². The van der Waals surface area contributed by atoms with E-state index in [4.69, 9.17) is 4.74 Å². The molecule has 1 aromatic carbocycles. The van der Waals surface area contributed by atoms with Gasteiger partial charge in [-0.2, -0.15) is 0 Å². The molecule has 0 aliphatic heterocycles. The van der Waals surface area contributed by atoms with Crippen LogP contribution in [-0.2, 0) is 13.2 Å². The lowest BCUT2D eigenvalue weighted by Gasteiger charge is -2.13. The van der Waals surface area contributed by atoms with Crippen molar-refractivity contribution in [2.75, 3.05) is 0 Å². The highest BCUT2D eigenvalue weighted by Crippen LogP contribution is 2.16. The van der Waals surface area contributed by atoms with E-state index in [-0.39, 0.29) is 6.04 Å². The van der Waals surface area contributed by atoms with Crippen LogP contribution in [0.5, 0.6) is 5.75 Å². The molecule has 1 atom stereocenters. The van der Waals surface area contributed by atoms with Crippen molar-refractivity contribution in [2.24, 2.45) is 0 Å². The van der Waals surface area contributed by atoms with Crippen LogP contribution in [0, 0.1) is 0 Å². The molecule has 3 aromatic heterocycles. The molecule has 0 fully saturated rings. The van der Waals surface area contributed by atoms with Crippen LogP contribution in [0.2, 0.25) is 0 Å². The minimum atomic E-state index is 0.0856. The summed E-state index contributed by atoms with van der Waals surface area (Å²) in [5, 5.41) is 12.0. The van der Waals surface area contributed by atoms with Crippen molar-refractivity contribution in [3.8, 4) is 5.75 Å². The molecular weight excluding hydrogens is 338 g/mol. The largest absolute Gasteiger partial charge is 0.487 e. The Balaban J connectivity index is 1.33. The molecule has 27 heavy (non-hydrogen) atoms. The number of nitrogens with zero attached hydrogens (tertiary/aromatic N) is 4. The number of benzene rings is 1. The van der Waals surface area contributed by atoms with Crippen molar-refractivity contribution >= 4 is 5.65 Å². The average Bonchev–Trinajstić information content (AvgIpc) is 3.16. The highest BCUT2D eigenvalue weighted by atomic mass is 16.5. The number of ether oxygens (including phenoxy) is 1. The molecule has 3 heterocycles. The van der Waals surface area contributed by atoms with Gasteiger partial charge in [-0.05, 0) is 48.9 Å². The van der Waals surface area contributed by atoms with Gasteiger partial charge < -0.3 is 10.1 Å². The summed E-state index contributed by atoms with van der Waals surface area (Å²) >= 11 is 0. The van der Waals surface area contributed by atoms with E-state index >= 15 is 0 Å². The Morgan fingerprint density at radius 3 is 2.67 bits per heavy atom. The van der Waals surface area contributed by atoms with Gasteiger partial charge in [0.25, 0.3) is 0 Å². The lowest BCUT2D eigenvalue weighted by molar-refractivity contribution is 0.301. The van der Waals surface area contributed by atoms with Gasteiger partial charge in [0.1, 0.15) is 12.4 Å². The standard InChI is InChI=1S/C21H21N5O/c1-16(21-25-24-20-7-3-5-13-26(20)21)23-14-17-8-10-19(11-9-17)27-15-18-6-2-4-12-22-18/h2-13,16,23H,14-15H2,1H3. The summed E-state index contributed by atoms with van der Waals surface area (Å²) in [6.07, 6.45) is 3.75.